The summed E-state index contributed by atoms with van der Waals surface area (Å²) in [6.45, 7) is 2.85. The first-order chi connectivity index (χ1) is 6.90. The summed E-state index contributed by atoms with van der Waals surface area (Å²) >= 11 is 0. The maximum absolute atomic E-state index is 9.22. The van der Waals surface area contributed by atoms with Crippen LogP contribution in [0.2, 0.25) is 0 Å². The Bertz CT molecular complexity index is 166. The molecule has 0 amide bonds. The van der Waals surface area contributed by atoms with Gasteiger partial charge in [0.25, 0.3) is 0 Å². The number of hydrogen-bond acceptors (Lipinski definition) is 2. The summed E-state index contributed by atoms with van der Waals surface area (Å²) in [6.07, 6.45) is 9.66. The van der Waals surface area contributed by atoms with E-state index in [9.17, 15) is 5.11 Å². The number of rotatable bonds is 3. The van der Waals surface area contributed by atoms with Crippen molar-refractivity contribution in [2.75, 3.05) is 19.7 Å². The monoisotopic (exact) mass is 197 g/mol. The minimum Gasteiger partial charge on any atom is -0.395 e. The molecule has 1 unspecified atom stereocenters. The third-order valence-corrected chi connectivity index (χ3v) is 3.93. The van der Waals surface area contributed by atoms with Crippen LogP contribution in [0.5, 0.6) is 0 Å². The second kappa shape index (κ2) is 5.13. The van der Waals surface area contributed by atoms with Crippen molar-refractivity contribution in [2.45, 2.75) is 51.0 Å². The molecule has 1 aliphatic heterocycles. The van der Waals surface area contributed by atoms with E-state index in [-0.39, 0.29) is 0 Å². The van der Waals surface area contributed by atoms with Gasteiger partial charge in [-0.15, -0.1) is 0 Å². The molecule has 0 spiro atoms. The molecule has 82 valence electrons. The first-order valence-electron chi connectivity index (χ1n) is 6.25. The Labute approximate surface area is 87.3 Å². The zero-order valence-electron chi connectivity index (χ0n) is 9.12. The van der Waals surface area contributed by atoms with Crippen molar-refractivity contribution in [2.24, 2.45) is 5.92 Å². The predicted molar refractivity (Wildman–Crippen MR) is 58.3 cm³/mol. The Hall–Kier alpha value is -0.0800. The Morgan fingerprint density at radius 2 is 1.79 bits per heavy atom. The Morgan fingerprint density at radius 1 is 1.00 bits per heavy atom. The predicted octanol–water partition coefficient (Wildman–Crippen LogP) is 2.02. The van der Waals surface area contributed by atoms with E-state index >= 15 is 0 Å². The molecule has 2 nitrogen and oxygen atoms in total. The molecule has 1 N–H and O–H groups in total. The van der Waals surface area contributed by atoms with Crippen LogP contribution in [-0.2, 0) is 0 Å². The molecule has 2 aliphatic rings. The van der Waals surface area contributed by atoms with Gasteiger partial charge in [0, 0.05) is 12.6 Å². The van der Waals surface area contributed by atoms with Crippen LogP contribution in [0, 0.1) is 5.92 Å². The average molecular weight is 197 g/mol. The van der Waals surface area contributed by atoms with Gasteiger partial charge in [-0.25, -0.2) is 0 Å². The number of aliphatic hydroxyl groups excluding tert-OH is 1. The minimum absolute atomic E-state index is 0.368. The molecule has 14 heavy (non-hydrogen) atoms. The second-order valence-corrected chi connectivity index (χ2v) is 4.98. The molecule has 1 atom stereocenters. The summed E-state index contributed by atoms with van der Waals surface area (Å²) in [5, 5.41) is 9.22. The van der Waals surface area contributed by atoms with Crippen molar-refractivity contribution in [3.05, 3.63) is 0 Å². The molecule has 0 bridgehead atoms. The van der Waals surface area contributed by atoms with E-state index in [2.05, 4.69) is 4.90 Å². The van der Waals surface area contributed by atoms with Crippen molar-refractivity contribution in [1.82, 2.24) is 4.90 Å². The summed E-state index contributed by atoms with van der Waals surface area (Å²) in [7, 11) is 0. The van der Waals surface area contributed by atoms with E-state index < -0.39 is 0 Å². The van der Waals surface area contributed by atoms with Gasteiger partial charge in [0.05, 0.1) is 6.61 Å². The van der Waals surface area contributed by atoms with Crippen LogP contribution in [0.3, 0.4) is 0 Å². The van der Waals surface area contributed by atoms with Crippen molar-refractivity contribution in [3.63, 3.8) is 0 Å². The fourth-order valence-corrected chi connectivity index (χ4v) is 3.04. The summed E-state index contributed by atoms with van der Waals surface area (Å²) < 4.78 is 0. The molecule has 0 aromatic rings. The van der Waals surface area contributed by atoms with Crippen LogP contribution >= 0.6 is 0 Å². The third-order valence-electron chi connectivity index (χ3n) is 3.93. The quantitative estimate of drug-likeness (QED) is 0.748. The summed E-state index contributed by atoms with van der Waals surface area (Å²) in [4.78, 5) is 2.52. The number of hydrogen-bond donors (Lipinski definition) is 1. The van der Waals surface area contributed by atoms with Gasteiger partial charge in [0.1, 0.15) is 0 Å². The molecule has 0 aromatic heterocycles. The van der Waals surface area contributed by atoms with Crippen LogP contribution in [-0.4, -0.2) is 35.7 Å². The lowest BCUT2D eigenvalue weighted by Crippen LogP contribution is -2.36. The highest BCUT2D eigenvalue weighted by Gasteiger charge is 2.26. The maximum Gasteiger partial charge on any atom is 0.0586 e. The van der Waals surface area contributed by atoms with Crippen LogP contribution in [0.4, 0.5) is 0 Å². The standard InChI is InChI=1S/C12H23NO/c14-10-12-7-4-8-13(12)9-11-5-2-1-3-6-11/h11-12,14H,1-10H2. The summed E-state index contributed by atoms with van der Waals surface area (Å²) in [5.74, 6) is 0.927. The molecule has 1 saturated carbocycles. The Kier molecular flexibility index (Phi) is 3.82. The summed E-state index contributed by atoms with van der Waals surface area (Å²) in [5.41, 5.74) is 0. The molecule has 2 heteroatoms. The molecule has 0 aromatic carbocycles. The van der Waals surface area contributed by atoms with Gasteiger partial charge in [-0.3, -0.25) is 4.90 Å². The van der Waals surface area contributed by atoms with Gasteiger partial charge in [-0.05, 0) is 38.1 Å². The van der Waals surface area contributed by atoms with E-state index in [4.69, 9.17) is 0 Å². The van der Waals surface area contributed by atoms with Gasteiger partial charge < -0.3 is 5.11 Å². The number of nitrogens with zero attached hydrogens (tertiary/aromatic N) is 1. The fraction of sp³-hybridized carbons (Fsp3) is 1.00. The van der Waals surface area contributed by atoms with E-state index in [1.807, 2.05) is 0 Å². The van der Waals surface area contributed by atoms with Crippen LogP contribution < -0.4 is 0 Å². The van der Waals surface area contributed by atoms with Crippen LogP contribution in [0.15, 0.2) is 0 Å². The normalized spacial score (nSPS) is 31.1. The molecular weight excluding hydrogens is 174 g/mol. The van der Waals surface area contributed by atoms with Crippen molar-refractivity contribution < 1.29 is 5.11 Å². The average Bonchev–Trinajstić information content (AvgIpc) is 2.67. The first-order valence-corrected chi connectivity index (χ1v) is 6.25. The lowest BCUT2D eigenvalue weighted by atomic mass is 9.89. The molecule has 1 heterocycles. The molecule has 1 saturated heterocycles. The van der Waals surface area contributed by atoms with Crippen molar-refractivity contribution >= 4 is 0 Å². The van der Waals surface area contributed by atoms with E-state index in [1.165, 1.54) is 58.0 Å². The lowest BCUT2D eigenvalue weighted by Gasteiger charge is -2.30. The highest BCUT2D eigenvalue weighted by Crippen LogP contribution is 2.27. The topological polar surface area (TPSA) is 23.5 Å². The maximum atomic E-state index is 9.22. The first kappa shape index (κ1) is 10.4. The highest BCUT2D eigenvalue weighted by atomic mass is 16.3. The van der Waals surface area contributed by atoms with Gasteiger partial charge in [0.15, 0.2) is 0 Å². The molecular formula is C12H23NO. The van der Waals surface area contributed by atoms with Crippen LogP contribution in [0.1, 0.15) is 44.9 Å². The van der Waals surface area contributed by atoms with E-state index in [0.29, 0.717) is 12.6 Å². The smallest absolute Gasteiger partial charge is 0.0586 e. The Morgan fingerprint density at radius 3 is 2.50 bits per heavy atom. The molecule has 0 radical (unpaired) electrons. The van der Waals surface area contributed by atoms with Crippen molar-refractivity contribution in [1.29, 1.82) is 0 Å². The van der Waals surface area contributed by atoms with E-state index in [1.54, 1.807) is 0 Å². The third kappa shape index (κ3) is 2.48. The highest BCUT2D eigenvalue weighted by molar-refractivity contribution is 4.81. The number of aliphatic hydroxyl groups is 1. The Balaban J connectivity index is 1.77. The number of likely N-dealkylation sites (tertiary alicyclic amines) is 1. The zero-order valence-corrected chi connectivity index (χ0v) is 9.12. The fourth-order valence-electron chi connectivity index (χ4n) is 3.04. The molecule has 2 rings (SSSR count). The van der Waals surface area contributed by atoms with Gasteiger partial charge >= 0.3 is 0 Å². The van der Waals surface area contributed by atoms with Crippen molar-refractivity contribution in [3.8, 4) is 0 Å². The van der Waals surface area contributed by atoms with Gasteiger partial charge in [0.2, 0.25) is 0 Å². The van der Waals surface area contributed by atoms with Crippen LogP contribution in [0.25, 0.3) is 0 Å². The summed E-state index contributed by atoms with van der Waals surface area (Å²) in [6, 6.07) is 0.483. The lowest BCUT2D eigenvalue weighted by molar-refractivity contribution is 0.132. The zero-order chi connectivity index (χ0) is 9.80. The van der Waals surface area contributed by atoms with Gasteiger partial charge in [-0.1, -0.05) is 19.3 Å². The van der Waals surface area contributed by atoms with Gasteiger partial charge in [-0.2, -0.15) is 0 Å². The second-order valence-electron chi connectivity index (χ2n) is 4.98. The minimum atomic E-state index is 0.368. The largest absolute Gasteiger partial charge is 0.395 e. The van der Waals surface area contributed by atoms with E-state index in [0.717, 1.165) is 5.92 Å². The molecule has 1 aliphatic carbocycles. The molecule has 2 fully saturated rings. The SMILES string of the molecule is OCC1CCCN1CC1CCCCC1.